The largest absolute Gasteiger partial charge is 0.483 e. The van der Waals surface area contributed by atoms with Gasteiger partial charge in [-0.25, -0.2) is 4.79 Å². The number of nitrogens with one attached hydrogen (secondary N) is 1. The lowest BCUT2D eigenvalue weighted by molar-refractivity contribution is -0.113. The van der Waals surface area contributed by atoms with Crippen LogP contribution < -0.4 is 10.1 Å². The Kier molecular flexibility index (Phi) is 9.26. The maximum Gasteiger partial charge on any atom is 0.341 e. The van der Waals surface area contributed by atoms with Crippen LogP contribution in [0.25, 0.3) is 0 Å². The molecule has 2 heterocycles. The first-order chi connectivity index (χ1) is 17.9. The molecular formula is C27H34N4O4S2. The van der Waals surface area contributed by atoms with Crippen molar-refractivity contribution in [2.24, 2.45) is 0 Å². The number of carbonyl (C=O) groups is 2. The summed E-state index contributed by atoms with van der Waals surface area (Å²) < 4.78 is 13.4. The molecule has 8 nitrogen and oxygen atoms in total. The topological polar surface area (TPSA) is 95.3 Å². The van der Waals surface area contributed by atoms with Crippen molar-refractivity contribution >= 4 is 40.0 Å². The first kappa shape index (κ1) is 27.2. The number of aromatic nitrogens is 3. The van der Waals surface area contributed by atoms with Gasteiger partial charge >= 0.3 is 5.97 Å². The van der Waals surface area contributed by atoms with Crippen molar-refractivity contribution in [3.05, 3.63) is 51.7 Å². The van der Waals surface area contributed by atoms with E-state index in [0.29, 0.717) is 34.7 Å². The van der Waals surface area contributed by atoms with Crippen molar-refractivity contribution in [2.75, 3.05) is 17.7 Å². The predicted octanol–water partition coefficient (Wildman–Crippen LogP) is 5.98. The molecular weight excluding hydrogens is 508 g/mol. The zero-order chi connectivity index (χ0) is 26.4. The number of rotatable bonds is 10. The van der Waals surface area contributed by atoms with Gasteiger partial charge in [-0.15, -0.1) is 21.5 Å². The van der Waals surface area contributed by atoms with E-state index in [4.69, 9.17) is 9.47 Å². The summed E-state index contributed by atoms with van der Waals surface area (Å²) >= 11 is 2.82. The van der Waals surface area contributed by atoms with Crippen molar-refractivity contribution in [3.63, 3.8) is 0 Å². The summed E-state index contributed by atoms with van der Waals surface area (Å²) in [6, 6.07) is 7.89. The Morgan fingerprint density at radius 2 is 2.00 bits per heavy atom. The maximum absolute atomic E-state index is 13.0. The van der Waals surface area contributed by atoms with E-state index in [-0.39, 0.29) is 23.7 Å². The van der Waals surface area contributed by atoms with E-state index in [0.717, 1.165) is 49.0 Å². The average molecular weight is 543 g/mol. The molecule has 1 atom stereocenters. The van der Waals surface area contributed by atoms with E-state index in [1.807, 2.05) is 49.6 Å². The van der Waals surface area contributed by atoms with Crippen molar-refractivity contribution in [3.8, 4) is 5.75 Å². The van der Waals surface area contributed by atoms with Gasteiger partial charge < -0.3 is 19.4 Å². The molecule has 1 unspecified atom stereocenters. The number of fused-ring (bicyclic) bond motifs is 1. The van der Waals surface area contributed by atoms with Crippen LogP contribution in [0.4, 0.5) is 5.00 Å². The van der Waals surface area contributed by atoms with Gasteiger partial charge in [0, 0.05) is 11.4 Å². The fourth-order valence-electron chi connectivity index (χ4n) is 4.49. The van der Waals surface area contributed by atoms with Crippen molar-refractivity contribution < 1.29 is 19.1 Å². The van der Waals surface area contributed by atoms with Gasteiger partial charge in [-0.2, -0.15) is 0 Å². The lowest BCUT2D eigenvalue weighted by Gasteiger charge is -2.16. The molecule has 1 aliphatic carbocycles. The van der Waals surface area contributed by atoms with Gasteiger partial charge in [-0.3, -0.25) is 4.79 Å². The van der Waals surface area contributed by atoms with Crippen molar-refractivity contribution in [1.29, 1.82) is 0 Å². The third-order valence-electron chi connectivity index (χ3n) is 6.21. The number of nitrogens with zero attached hydrogens (tertiary/aromatic N) is 3. The smallest absolute Gasteiger partial charge is 0.341 e. The van der Waals surface area contributed by atoms with Crippen molar-refractivity contribution in [2.45, 2.75) is 77.6 Å². The van der Waals surface area contributed by atoms with Gasteiger partial charge in [-0.05, 0) is 76.6 Å². The molecule has 0 aliphatic heterocycles. The Morgan fingerprint density at radius 1 is 1.19 bits per heavy atom. The van der Waals surface area contributed by atoms with E-state index in [9.17, 15) is 9.59 Å². The highest BCUT2D eigenvalue weighted by molar-refractivity contribution is 7.99. The van der Waals surface area contributed by atoms with E-state index in [2.05, 4.69) is 15.5 Å². The number of carbonyl (C=O) groups excluding carboxylic acids is 2. The zero-order valence-corrected chi connectivity index (χ0v) is 23.5. The predicted molar refractivity (Wildman–Crippen MR) is 147 cm³/mol. The lowest BCUT2D eigenvalue weighted by atomic mass is 10.1. The Bertz CT molecular complexity index is 1250. The van der Waals surface area contributed by atoms with Crippen LogP contribution in [-0.2, 0) is 28.9 Å². The molecule has 0 spiro atoms. The van der Waals surface area contributed by atoms with Gasteiger partial charge in [0.25, 0.3) is 0 Å². The molecule has 3 aromatic rings. The average Bonchev–Trinajstić information content (AvgIpc) is 3.35. The van der Waals surface area contributed by atoms with Crippen LogP contribution in [0.5, 0.6) is 5.75 Å². The number of thiophene rings is 1. The molecule has 1 amide bonds. The van der Waals surface area contributed by atoms with Crippen LogP contribution >= 0.6 is 23.1 Å². The summed E-state index contributed by atoms with van der Waals surface area (Å²) in [5.41, 5.74) is 2.70. The molecule has 1 N–H and O–H groups in total. The summed E-state index contributed by atoms with van der Waals surface area (Å²) in [4.78, 5) is 26.9. The molecule has 198 valence electrons. The second kappa shape index (κ2) is 12.6. The second-order valence-electron chi connectivity index (χ2n) is 8.99. The Balaban J connectivity index is 1.44. The molecule has 0 saturated heterocycles. The number of benzene rings is 1. The standard InChI is InChI=1S/C27H34N4O4S2/c1-5-31-24(18(4)35-19-12-10-11-17(3)15-19)29-30-27(31)36-16-22(32)28-25-23(26(33)34-6-2)20-13-8-7-9-14-21(20)37-25/h10-12,15,18H,5-9,13-14,16H2,1-4H3,(H,28,32). The van der Waals surface area contributed by atoms with Crippen molar-refractivity contribution in [1.82, 2.24) is 14.8 Å². The SMILES string of the molecule is CCOC(=O)c1c(NC(=O)CSc2nnc(C(C)Oc3cccc(C)c3)n2CC)sc2c1CCCCC2. The molecule has 4 rings (SSSR count). The van der Waals surface area contributed by atoms with Crippen LogP contribution in [0.3, 0.4) is 0 Å². The Morgan fingerprint density at radius 3 is 2.76 bits per heavy atom. The Labute approximate surface area is 226 Å². The monoisotopic (exact) mass is 542 g/mol. The first-order valence-corrected chi connectivity index (χ1v) is 14.6. The van der Waals surface area contributed by atoms with Gasteiger partial charge in [0.2, 0.25) is 5.91 Å². The first-order valence-electron chi connectivity index (χ1n) is 12.8. The minimum absolute atomic E-state index is 0.149. The number of aryl methyl sites for hydroxylation is 2. The summed E-state index contributed by atoms with van der Waals surface area (Å²) in [6.45, 7) is 8.72. The highest BCUT2D eigenvalue weighted by Crippen LogP contribution is 2.38. The fraction of sp³-hybridized carbons (Fsp3) is 0.481. The fourth-order valence-corrected chi connectivity index (χ4v) is 6.60. The molecule has 0 radical (unpaired) electrons. The third kappa shape index (κ3) is 6.54. The number of ether oxygens (including phenoxy) is 2. The van der Waals surface area contributed by atoms with Gasteiger partial charge in [0.15, 0.2) is 17.1 Å². The number of hydrogen-bond acceptors (Lipinski definition) is 8. The van der Waals surface area contributed by atoms with Crippen LogP contribution in [0.1, 0.15) is 78.3 Å². The van der Waals surface area contributed by atoms with Crippen LogP contribution in [0.15, 0.2) is 29.4 Å². The molecule has 0 saturated carbocycles. The third-order valence-corrected chi connectivity index (χ3v) is 8.39. The number of amides is 1. The highest BCUT2D eigenvalue weighted by atomic mass is 32.2. The van der Waals surface area contributed by atoms with Gasteiger partial charge in [-0.1, -0.05) is 30.3 Å². The van der Waals surface area contributed by atoms with E-state index >= 15 is 0 Å². The molecule has 0 bridgehead atoms. The zero-order valence-electron chi connectivity index (χ0n) is 21.8. The van der Waals surface area contributed by atoms with Crippen LogP contribution in [0.2, 0.25) is 0 Å². The Hall–Kier alpha value is -2.85. The summed E-state index contributed by atoms with van der Waals surface area (Å²) in [6.07, 6.45) is 4.76. The van der Waals surface area contributed by atoms with Gasteiger partial charge in [0.1, 0.15) is 10.8 Å². The highest BCUT2D eigenvalue weighted by Gasteiger charge is 2.27. The van der Waals surface area contributed by atoms with Crippen LogP contribution in [-0.4, -0.2) is 39.0 Å². The van der Waals surface area contributed by atoms with E-state index in [1.165, 1.54) is 28.0 Å². The summed E-state index contributed by atoms with van der Waals surface area (Å²) in [5, 5.41) is 12.9. The second-order valence-corrected chi connectivity index (χ2v) is 11.0. The number of anilines is 1. The lowest BCUT2D eigenvalue weighted by Crippen LogP contribution is -2.17. The molecule has 0 fully saturated rings. The minimum Gasteiger partial charge on any atom is -0.483 e. The maximum atomic E-state index is 13.0. The summed E-state index contributed by atoms with van der Waals surface area (Å²) in [7, 11) is 0. The molecule has 1 aromatic carbocycles. The molecule has 10 heteroatoms. The van der Waals surface area contributed by atoms with E-state index in [1.54, 1.807) is 6.92 Å². The molecule has 2 aromatic heterocycles. The number of esters is 1. The number of hydrogen-bond donors (Lipinski definition) is 1. The normalized spacial score (nSPS) is 13.9. The molecule has 1 aliphatic rings. The van der Waals surface area contributed by atoms with E-state index < -0.39 is 0 Å². The molecule has 37 heavy (non-hydrogen) atoms. The van der Waals surface area contributed by atoms with Gasteiger partial charge in [0.05, 0.1) is 17.9 Å². The number of thioether (sulfide) groups is 1. The minimum atomic E-state index is -0.359. The quantitative estimate of drug-likeness (QED) is 0.191. The summed E-state index contributed by atoms with van der Waals surface area (Å²) in [5.74, 6) is 1.08. The van der Waals surface area contributed by atoms with Crippen LogP contribution in [0, 0.1) is 6.92 Å².